The van der Waals surface area contributed by atoms with Crippen LogP contribution in [0.5, 0.6) is 11.5 Å². The first-order valence-electron chi connectivity index (χ1n) is 11.3. The zero-order valence-electron chi connectivity index (χ0n) is 19.0. The van der Waals surface area contributed by atoms with Gasteiger partial charge in [-0.3, -0.25) is 14.5 Å². The molecule has 1 aromatic heterocycles. The number of carbonyl (C=O) groups excluding carboxylic acids is 1. The zero-order chi connectivity index (χ0) is 23.9. The fraction of sp³-hybridized carbons (Fsp3) is 0.308. The van der Waals surface area contributed by atoms with E-state index in [2.05, 4.69) is 4.90 Å². The minimum Gasteiger partial charge on any atom is -0.493 e. The Morgan fingerprint density at radius 1 is 1.00 bits per heavy atom. The minimum absolute atomic E-state index is 0.0322. The Morgan fingerprint density at radius 3 is 2.47 bits per heavy atom. The second-order valence-corrected chi connectivity index (χ2v) is 8.36. The highest BCUT2D eigenvalue weighted by atomic mass is 35.5. The summed E-state index contributed by atoms with van der Waals surface area (Å²) in [6.07, 6.45) is 1.35. The van der Waals surface area contributed by atoms with Gasteiger partial charge in [0.05, 0.1) is 18.7 Å². The summed E-state index contributed by atoms with van der Waals surface area (Å²) < 4.78 is 16.9. The van der Waals surface area contributed by atoms with Gasteiger partial charge in [0.2, 0.25) is 11.2 Å². The van der Waals surface area contributed by atoms with Crippen LogP contribution < -0.4 is 14.9 Å². The molecule has 1 saturated heterocycles. The van der Waals surface area contributed by atoms with E-state index < -0.39 is 0 Å². The molecule has 8 heteroatoms. The smallest absolute Gasteiger partial charge is 0.257 e. The fourth-order valence-corrected chi connectivity index (χ4v) is 4.01. The lowest BCUT2D eigenvalue weighted by molar-refractivity contribution is 0.0615. The van der Waals surface area contributed by atoms with Crippen molar-refractivity contribution in [3.8, 4) is 11.5 Å². The number of carbonyl (C=O) groups is 1. The van der Waals surface area contributed by atoms with E-state index in [1.165, 1.54) is 12.3 Å². The molecule has 1 amide bonds. The molecule has 7 nitrogen and oxygen atoms in total. The minimum atomic E-state index is -0.241. The molecule has 0 atom stereocenters. The van der Waals surface area contributed by atoms with Gasteiger partial charge in [-0.05, 0) is 25.1 Å². The average Bonchev–Trinajstić information content (AvgIpc) is 2.85. The van der Waals surface area contributed by atoms with Crippen LogP contribution in [0.1, 0.15) is 28.6 Å². The van der Waals surface area contributed by atoms with Gasteiger partial charge in [0, 0.05) is 42.8 Å². The van der Waals surface area contributed by atoms with Crippen molar-refractivity contribution in [3.63, 3.8) is 0 Å². The van der Waals surface area contributed by atoms with E-state index in [0.29, 0.717) is 61.4 Å². The maximum atomic E-state index is 13.0. The van der Waals surface area contributed by atoms with Crippen molar-refractivity contribution in [2.45, 2.75) is 20.1 Å². The second-order valence-electron chi connectivity index (χ2n) is 7.95. The Kier molecular flexibility index (Phi) is 7.87. The van der Waals surface area contributed by atoms with Crippen molar-refractivity contribution >= 4 is 17.5 Å². The summed E-state index contributed by atoms with van der Waals surface area (Å²) in [7, 11) is 0. The van der Waals surface area contributed by atoms with E-state index in [4.69, 9.17) is 25.5 Å². The fourth-order valence-electron chi connectivity index (χ4n) is 3.82. The van der Waals surface area contributed by atoms with Gasteiger partial charge < -0.3 is 18.8 Å². The van der Waals surface area contributed by atoms with Crippen LogP contribution in [0.3, 0.4) is 0 Å². The molecule has 0 radical (unpaired) electrons. The quantitative estimate of drug-likeness (QED) is 0.478. The molecule has 1 aliphatic heterocycles. The first-order valence-corrected chi connectivity index (χ1v) is 11.6. The molecular formula is C26H27ClN2O5. The van der Waals surface area contributed by atoms with E-state index in [0.717, 1.165) is 5.56 Å². The molecule has 0 spiro atoms. The lowest BCUT2D eigenvalue weighted by Gasteiger charge is -2.34. The van der Waals surface area contributed by atoms with Crippen LogP contribution in [-0.4, -0.2) is 48.5 Å². The number of rotatable bonds is 8. The van der Waals surface area contributed by atoms with Crippen LogP contribution in [0.25, 0.3) is 0 Å². The highest BCUT2D eigenvalue weighted by molar-refractivity contribution is 6.31. The molecule has 0 saturated carbocycles. The standard InChI is InChI=1S/C26H27ClN2O5/c1-2-32-24-10-6-4-8-21(24)26(31)29-13-11-28(12-14-29)16-20-15-23(30)25(18-33-20)34-17-19-7-3-5-9-22(19)27/h3-10,15,18H,2,11-14,16-17H2,1H3. The molecule has 0 aliphatic carbocycles. The molecule has 34 heavy (non-hydrogen) atoms. The predicted molar refractivity (Wildman–Crippen MR) is 130 cm³/mol. The molecule has 1 aliphatic rings. The average molecular weight is 483 g/mol. The summed E-state index contributed by atoms with van der Waals surface area (Å²) in [4.78, 5) is 29.4. The summed E-state index contributed by atoms with van der Waals surface area (Å²) in [5.74, 6) is 1.27. The van der Waals surface area contributed by atoms with Gasteiger partial charge in [0.25, 0.3) is 5.91 Å². The normalized spacial score (nSPS) is 14.1. The summed E-state index contributed by atoms with van der Waals surface area (Å²) in [5.41, 5.74) is 1.13. The van der Waals surface area contributed by atoms with Crippen LogP contribution in [0, 0.1) is 0 Å². The van der Waals surface area contributed by atoms with Crippen LogP contribution in [0.4, 0.5) is 0 Å². The summed E-state index contributed by atoms with van der Waals surface area (Å²) in [6.45, 7) is 5.60. The monoisotopic (exact) mass is 482 g/mol. The zero-order valence-corrected chi connectivity index (χ0v) is 19.8. The third kappa shape index (κ3) is 5.79. The number of benzene rings is 2. The Balaban J connectivity index is 1.31. The van der Waals surface area contributed by atoms with Crippen LogP contribution >= 0.6 is 11.6 Å². The second kappa shape index (κ2) is 11.2. The predicted octanol–water partition coefficient (Wildman–Crippen LogP) is 4.23. The third-order valence-corrected chi connectivity index (χ3v) is 6.02. The maximum absolute atomic E-state index is 13.0. The molecule has 2 aromatic carbocycles. The Labute approximate surface area is 203 Å². The Bertz CT molecular complexity index is 1190. The maximum Gasteiger partial charge on any atom is 0.257 e. The SMILES string of the molecule is CCOc1ccccc1C(=O)N1CCN(Cc2cc(=O)c(OCc3ccccc3Cl)co2)CC1. The number of amides is 1. The van der Waals surface area contributed by atoms with Gasteiger partial charge >= 0.3 is 0 Å². The number of halogens is 1. The molecule has 178 valence electrons. The van der Waals surface area contributed by atoms with Gasteiger partial charge in [0.1, 0.15) is 24.4 Å². The van der Waals surface area contributed by atoms with Gasteiger partial charge in [-0.1, -0.05) is 41.9 Å². The van der Waals surface area contributed by atoms with Gasteiger partial charge in [-0.15, -0.1) is 0 Å². The lowest BCUT2D eigenvalue weighted by Crippen LogP contribution is -2.48. The van der Waals surface area contributed by atoms with Crippen LogP contribution in [0.2, 0.25) is 5.02 Å². The van der Waals surface area contributed by atoms with E-state index in [-0.39, 0.29) is 23.7 Å². The number of piperazine rings is 1. The molecule has 2 heterocycles. The number of nitrogens with zero attached hydrogens (tertiary/aromatic N) is 2. The molecule has 3 aromatic rings. The molecule has 0 bridgehead atoms. The van der Waals surface area contributed by atoms with Crippen molar-refractivity contribution < 1.29 is 18.7 Å². The number of hydrogen-bond donors (Lipinski definition) is 0. The molecule has 4 rings (SSSR count). The first kappa shape index (κ1) is 23.9. The first-order chi connectivity index (χ1) is 16.5. The van der Waals surface area contributed by atoms with E-state index in [1.54, 1.807) is 12.1 Å². The highest BCUT2D eigenvalue weighted by Crippen LogP contribution is 2.21. The van der Waals surface area contributed by atoms with Crippen LogP contribution in [0.15, 0.2) is 70.1 Å². The van der Waals surface area contributed by atoms with Crippen molar-refractivity contribution in [1.82, 2.24) is 9.80 Å². The third-order valence-electron chi connectivity index (χ3n) is 5.65. The van der Waals surface area contributed by atoms with Gasteiger partial charge in [-0.25, -0.2) is 0 Å². The molecular weight excluding hydrogens is 456 g/mol. The number of ether oxygens (including phenoxy) is 2. The molecule has 1 fully saturated rings. The Hall–Kier alpha value is -3.29. The summed E-state index contributed by atoms with van der Waals surface area (Å²) in [5, 5.41) is 0.586. The van der Waals surface area contributed by atoms with Crippen LogP contribution in [-0.2, 0) is 13.2 Å². The topological polar surface area (TPSA) is 72.2 Å². The van der Waals surface area contributed by atoms with E-state index in [9.17, 15) is 9.59 Å². The molecule has 0 unspecified atom stereocenters. The van der Waals surface area contributed by atoms with E-state index >= 15 is 0 Å². The summed E-state index contributed by atoms with van der Waals surface area (Å²) >= 11 is 6.13. The van der Waals surface area contributed by atoms with Gasteiger partial charge in [-0.2, -0.15) is 0 Å². The largest absolute Gasteiger partial charge is 0.493 e. The van der Waals surface area contributed by atoms with Crippen molar-refractivity contribution in [2.75, 3.05) is 32.8 Å². The van der Waals surface area contributed by atoms with Gasteiger partial charge in [0.15, 0.2) is 0 Å². The van der Waals surface area contributed by atoms with Crippen molar-refractivity contribution in [1.29, 1.82) is 0 Å². The van der Waals surface area contributed by atoms with Crippen molar-refractivity contribution in [2.24, 2.45) is 0 Å². The van der Waals surface area contributed by atoms with Crippen molar-refractivity contribution in [3.05, 3.63) is 93.0 Å². The molecule has 0 N–H and O–H groups in total. The number of hydrogen-bond acceptors (Lipinski definition) is 6. The Morgan fingerprint density at radius 2 is 1.74 bits per heavy atom. The summed E-state index contributed by atoms with van der Waals surface area (Å²) in [6, 6.07) is 16.1. The lowest BCUT2D eigenvalue weighted by atomic mass is 10.1. The number of para-hydroxylation sites is 1. The van der Waals surface area contributed by atoms with E-state index in [1.807, 2.05) is 48.2 Å². The highest BCUT2D eigenvalue weighted by Gasteiger charge is 2.24.